The van der Waals surface area contributed by atoms with Gasteiger partial charge >= 0.3 is 0 Å². The van der Waals surface area contributed by atoms with Crippen LogP contribution in [0.25, 0.3) is 12.2 Å². The first-order chi connectivity index (χ1) is 14.5. The van der Waals surface area contributed by atoms with E-state index >= 15 is 0 Å². The van der Waals surface area contributed by atoms with Crippen molar-refractivity contribution < 1.29 is 19.4 Å². The Morgan fingerprint density at radius 1 is 1.10 bits per heavy atom. The molecule has 1 aliphatic carbocycles. The maximum Gasteiger partial charge on any atom is 0.184 e. The normalized spacial score (nSPS) is 26.6. The largest absolute Gasteiger partial charge is 0.390 e. The van der Waals surface area contributed by atoms with Gasteiger partial charge in [0, 0.05) is 23.0 Å². The van der Waals surface area contributed by atoms with Gasteiger partial charge in [-0.15, -0.1) is 0 Å². The highest BCUT2D eigenvalue weighted by atomic mass is 16.5. The summed E-state index contributed by atoms with van der Waals surface area (Å²) in [6.45, 7) is 9.84. The number of aliphatic hydroxyl groups is 1. The Morgan fingerprint density at radius 3 is 2.23 bits per heavy atom. The van der Waals surface area contributed by atoms with Crippen LogP contribution in [-0.4, -0.2) is 34.5 Å². The Morgan fingerprint density at radius 2 is 1.68 bits per heavy atom. The van der Waals surface area contributed by atoms with Gasteiger partial charge in [0.1, 0.15) is 6.61 Å². The summed E-state index contributed by atoms with van der Waals surface area (Å²) >= 11 is 0. The van der Waals surface area contributed by atoms with E-state index in [1.54, 1.807) is 19.9 Å². The van der Waals surface area contributed by atoms with Crippen LogP contribution >= 0.6 is 0 Å². The Hall–Kier alpha value is -2.30. The SMILES string of the molecule is CCCC1/C(=C\c2ccc(/C=C3/C(=O)C=CCC3C(C)(C)O)cc2)C(=O)COC1(C)C. The number of rotatable bonds is 5. The zero-order valence-corrected chi connectivity index (χ0v) is 19.3. The number of ketones is 2. The first-order valence-electron chi connectivity index (χ1n) is 11.2. The Balaban J connectivity index is 1.90. The van der Waals surface area contributed by atoms with Crippen LogP contribution in [0, 0.1) is 11.8 Å². The molecule has 3 rings (SSSR count). The fraction of sp³-hybridized carbons (Fsp3) is 0.481. The van der Waals surface area contributed by atoms with E-state index in [2.05, 4.69) is 20.8 Å². The lowest BCUT2D eigenvalue weighted by molar-refractivity contribution is -0.138. The van der Waals surface area contributed by atoms with Crippen molar-refractivity contribution in [3.63, 3.8) is 0 Å². The molecule has 1 N–H and O–H groups in total. The smallest absolute Gasteiger partial charge is 0.184 e. The summed E-state index contributed by atoms with van der Waals surface area (Å²) in [4.78, 5) is 25.1. The highest BCUT2D eigenvalue weighted by Crippen LogP contribution is 2.37. The first kappa shape index (κ1) is 23.4. The third kappa shape index (κ3) is 5.31. The fourth-order valence-corrected chi connectivity index (χ4v) is 4.57. The number of allylic oxidation sites excluding steroid dienone is 2. The first-order valence-corrected chi connectivity index (χ1v) is 11.2. The lowest BCUT2D eigenvalue weighted by Gasteiger charge is -2.39. The van der Waals surface area contributed by atoms with Gasteiger partial charge in [0.05, 0.1) is 11.2 Å². The second kappa shape index (κ2) is 9.05. The molecular formula is C27H34O4. The average Bonchev–Trinajstić information content (AvgIpc) is 2.69. The fourth-order valence-electron chi connectivity index (χ4n) is 4.57. The third-order valence-corrected chi connectivity index (χ3v) is 6.42. The van der Waals surface area contributed by atoms with Gasteiger partial charge in [0.25, 0.3) is 0 Å². The van der Waals surface area contributed by atoms with E-state index in [0.29, 0.717) is 12.0 Å². The van der Waals surface area contributed by atoms with Gasteiger partial charge in [-0.25, -0.2) is 0 Å². The van der Waals surface area contributed by atoms with Crippen LogP contribution in [0.15, 0.2) is 47.6 Å². The summed E-state index contributed by atoms with van der Waals surface area (Å²) in [7, 11) is 0. The maximum absolute atomic E-state index is 12.6. The number of hydrogen-bond donors (Lipinski definition) is 1. The van der Waals surface area contributed by atoms with E-state index in [0.717, 1.165) is 29.5 Å². The van der Waals surface area contributed by atoms with Crippen LogP contribution in [-0.2, 0) is 14.3 Å². The minimum atomic E-state index is -0.971. The van der Waals surface area contributed by atoms with Crippen LogP contribution in [0.1, 0.15) is 65.0 Å². The molecule has 1 saturated heterocycles. The predicted molar refractivity (Wildman–Crippen MR) is 124 cm³/mol. The second-order valence-electron chi connectivity index (χ2n) is 9.73. The van der Waals surface area contributed by atoms with Gasteiger partial charge in [-0.2, -0.15) is 0 Å². The second-order valence-corrected chi connectivity index (χ2v) is 9.73. The molecule has 2 aliphatic rings. The van der Waals surface area contributed by atoms with Crippen LogP contribution in [0.5, 0.6) is 0 Å². The van der Waals surface area contributed by atoms with Crippen LogP contribution in [0.4, 0.5) is 0 Å². The number of ether oxygens (including phenoxy) is 1. The number of Topliss-reactive ketones (excluding diaryl/α,β-unsaturated/α-hetero) is 1. The van der Waals surface area contributed by atoms with Crippen molar-refractivity contribution in [2.24, 2.45) is 11.8 Å². The van der Waals surface area contributed by atoms with Crippen LogP contribution in [0.2, 0.25) is 0 Å². The van der Waals surface area contributed by atoms with Gasteiger partial charge in [-0.3, -0.25) is 9.59 Å². The molecule has 0 saturated carbocycles. The van der Waals surface area contributed by atoms with E-state index in [1.807, 2.05) is 42.5 Å². The quantitative estimate of drug-likeness (QED) is 0.666. The molecule has 0 spiro atoms. The lowest BCUT2D eigenvalue weighted by atomic mass is 9.76. The molecule has 0 aromatic heterocycles. The molecule has 0 bridgehead atoms. The molecule has 4 nitrogen and oxygen atoms in total. The minimum Gasteiger partial charge on any atom is -0.390 e. The van der Waals surface area contributed by atoms with Crippen molar-refractivity contribution in [1.82, 2.24) is 0 Å². The van der Waals surface area contributed by atoms with Crippen molar-refractivity contribution in [3.05, 3.63) is 58.7 Å². The molecule has 1 aromatic carbocycles. The molecular weight excluding hydrogens is 388 g/mol. The summed E-state index contributed by atoms with van der Waals surface area (Å²) in [6.07, 6.45) is 9.80. The summed E-state index contributed by atoms with van der Waals surface area (Å²) < 4.78 is 5.81. The van der Waals surface area contributed by atoms with Crippen molar-refractivity contribution in [3.8, 4) is 0 Å². The van der Waals surface area contributed by atoms with Crippen molar-refractivity contribution in [2.75, 3.05) is 6.61 Å². The zero-order chi connectivity index (χ0) is 22.8. The molecule has 166 valence electrons. The van der Waals surface area contributed by atoms with E-state index in [4.69, 9.17) is 4.74 Å². The monoisotopic (exact) mass is 422 g/mol. The van der Waals surface area contributed by atoms with Gasteiger partial charge in [0.2, 0.25) is 0 Å². The third-order valence-electron chi connectivity index (χ3n) is 6.42. The number of carbonyl (C=O) groups excluding carboxylic acids is 2. The Labute approximate surface area is 185 Å². The van der Waals surface area contributed by atoms with E-state index in [9.17, 15) is 14.7 Å². The molecule has 1 aliphatic heterocycles. The molecule has 1 fully saturated rings. The van der Waals surface area contributed by atoms with Gasteiger partial charge < -0.3 is 9.84 Å². The maximum atomic E-state index is 12.6. The lowest BCUT2D eigenvalue weighted by Crippen LogP contribution is -2.44. The summed E-state index contributed by atoms with van der Waals surface area (Å²) in [5, 5.41) is 10.5. The predicted octanol–water partition coefficient (Wildman–Crippen LogP) is 5.16. The number of carbonyl (C=O) groups is 2. The summed E-state index contributed by atoms with van der Waals surface area (Å²) in [6, 6.07) is 7.85. The minimum absolute atomic E-state index is 0.0524. The van der Waals surface area contributed by atoms with E-state index in [1.165, 1.54) is 0 Å². The number of benzene rings is 1. The van der Waals surface area contributed by atoms with Gasteiger partial charge in [-0.05, 0) is 69.9 Å². The molecule has 4 heteroatoms. The Kier molecular flexibility index (Phi) is 6.82. The average molecular weight is 423 g/mol. The summed E-state index contributed by atoms with van der Waals surface area (Å²) in [5.74, 6) is -0.165. The van der Waals surface area contributed by atoms with Crippen molar-refractivity contribution >= 4 is 23.7 Å². The highest BCUT2D eigenvalue weighted by Gasteiger charge is 2.40. The molecule has 1 aromatic rings. The molecule has 0 radical (unpaired) electrons. The molecule has 2 atom stereocenters. The highest BCUT2D eigenvalue weighted by molar-refractivity contribution is 6.08. The van der Waals surface area contributed by atoms with E-state index < -0.39 is 5.60 Å². The molecule has 31 heavy (non-hydrogen) atoms. The van der Waals surface area contributed by atoms with Gasteiger partial charge in [-0.1, -0.05) is 43.7 Å². The van der Waals surface area contributed by atoms with Gasteiger partial charge in [0.15, 0.2) is 11.6 Å². The van der Waals surface area contributed by atoms with E-state index in [-0.39, 0.29) is 35.6 Å². The zero-order valence-electron chi connectivity index (χ0n) is 19.3. The van der Waals surface area contributed by atoms with Crippen LogP contribution in [0.3, 0.4) is 0 Å². The molecule has 1 heterocycles. The molecule has 0 amide bonds. The van der Waals surface area contributed by atoms with Crippen molar-refractivity contribution in [1.29, 1.82) is 0 Å². The van der Waals surface area contributed by atoms with Crippen LogP contribution < -0.4 is 0 Å². The Bertz CT molecular complexity index is 923. The molecule has 2 unspecified atom stereocenters. The topological polar surface area (TPSA) is 63.6 Å². The van der Waals surface area contributed by atoms with Crippen molar-refractivity contribution in [2.45, 2.75) is 65.1 Å². The standard InChI is InChI=1S/C27H34O4/c1-6-8-23-21(25(29)17-31-27(23,4)5)16-19-13-11-18(12-14-19)15-20-22(26(2,3)30)9-7-10-24(20)28/h7,10-16,22-23,30H,6,8-9,17H2,1-5H3/b20-15+,21-16+. The summed E-state index contributed by atoms with van der Waals surface area (Å²) in [5.41, 5.74) is 1.99. The number of hydrogen-bond acceptors (Lipinski definition) is 4.